The normalized spacial score (nSPS) is 11.9. The molecule has 1 aromatic heterocycles. The lowest BCUT2D eigenvalue weighted by atomic mass is 10.3. The van der Waals surface area contributed by atoms with E-state index in [0.29, 0.717) is 16.6 Å². The molecule has 0 saturated heterocycles. The number of hydrogen-bond donors (Lipinski definition) is 1. The smallest absolute Gasteiger partial charge is 0.214 e. The fourth-order valence-electron chi connectivity index (χ4n) is 3.12. The van der Waals surface area contributed by atoms with Crippen molar-refractivity contribution in [2.45, 2.75) is 58.2 Å². The molecule has 0 aliphatic heterocycles. The Labute approximate surface area is 122 Å². The first-order chi connectivity index (χ1) is 9.21. The minimum Gasteiger partial charge on any atom is -0.505 e. The third kappa shape index (κ3) is 3.21. The highest BCUT2D eigenvalue weighted by atomic mass is 28.3. The van der Waals surface area contributed by atoms with E-state index in [9.17, 15) is 9.50 Å². The molecule has 110 valence electrons. The number of rotatable bonds is 3. The van der Waals surface area contributed by atoms with Gasteiger partial charge in [-0.05, 0) is 34.7 Å². The largest absolute Gasteiger partial charge is 0.505 e. The van der Waals surface area contributed by atoms with Gasteiger partial charge >= 0.3 is 0 Å². The molecule has 4 heteroatoms. The number of hydrogen-bond acceptors (Lipinski definition) is 2. The zero-order chi connectivity index (χ0) is 15.5. The first-order valence-corrected chi connectivity index (χ1v) is 9.33. The van der Waals surface area contributed by atoms with Crippen molar-refractivity contribution in [1.29, 1.82) is 0 Å². The molecule has 1 heterocycles. The minimum absolute atomic E-state index is 0.0573. The maximum absolute atomic E-state index is 13.2. The first-order valence-electron chi connectivity index (χ1n) is 7.10. The van der Waals surface area contributed by atoms with Crippen LogP contribution in [-0.2, 0) is 0 Å². The van der Waals surface area contributed by atoms with Crippen molar-refractivity contribution in [3.05, 3.63) is 23.8 Å². The third-order valence-corrected chi connectivity index (χ3v) is 10.4. The lowest BCUT2D eigenvalue weighted by Crippen LogP contribution is -2.43. The molecule has 0 spiro atoms. The molecule has 2 nitrogen and oxygen atoms in total. The monoisotopic (exact) mass is 293 g/mol. The zero-order valence-corrected chi connectivity index (χ0v) is 14.2. The van der Waals surface area contributed by atoms with Gasteiger partial charge in [-0.1, -0.05) is 41.5 Å². The number of pyridine rings is 1. The van der Waals surface area contributed by atoms with Crippen molar-refractivity contribution in [1.82, 2.24) is 4.98 Å². The van der Waals surface area contributed by atoms with Crippen LogP contribution < -0.4 is 0 Å². The maximum Gasteiger partial charge on any atom is 0.214 e. The van der Waals surface area contributed by atoms with Crippen LogP contribution in [0.25, 0.3) is 0 Å². The highest BCUT2D eigenvalue weighted by Gasteiger charge is 2.41. The van der Waals surface area contributed by atoms with E-state index in [1.807, 2.05) is 0 Å². The molecular weight excluding hydrogens is 269 g/mol. The van der Waals surface area contributed by atoms with E-state index in [0.717, 1.165) is 6.07 Å². The molecule has 0 atom stereocenters. The molecule has 1 N–H and O–H groups in total. The van der Waals surface area contributed by atoms with Crippen LogP contribution in [0.3, 0.4) is 0 Å². The van der Waals surface area contributed by atoms with Crippen LogP contribution in [0.2, 0.25) is 16.6 Å². The predicted octanol–water partition coefficient (Wildman–Crippen LogP) is 4.50. The average molecular weight is 293 g/mol. The summed E-state index contributed by atoms with van der Waals surface area (Å²) in [5.74, 6) is 2.28. The summed E-state index contributed by atoms with van der Waals surface area (Å²) in [5, 5.41) is 9.73. The van der Waals surface area contributed by atoms with Crippen molar-refractivity contribution in [2.24, 2.45) is 0 Å². The van der Waals surface area contributed by atoms with Gasteiger partial charge in [0.05, 0.1) is 0 Å². The highest BCUT2D eigenvalue weighted by molar-refractivity contribution is 6.90. The van der Waals surface area contributed by atoms with Gasteiger partial charge in [0.1, 0.15) is 13.8 Å². The van der Waals surface area contributed by atoms with E-state index < -0.39 is 14.0 Å². The second kappa shape index (κ2) is 6.40. The Morgan fingerprint density at radius 1 is 1.05 bits per heavy atom. The van der Waals surface area contributed by atoms with Crippen LogP contribution in [0.15, 0.2) is 12.1 Å². The Morgan fingerprint density at radius 3 is 2.00 bits per heavy atom. The van der Waals surface area contributed by atoms with Crippen molar-refractivity contribution >= 4 is 8.07 Å². The SMILES string of the molecule is CC(C)[Si](C#Cc1nc(F)ccc1O)(C(C)C)C(C)C. The Balaban J connectivity index is 3.34. The molecule has 20 heavy (non-hydrogen) atoms. The van der Waals surface area contributed by atoms with Gasteiger partial charge in [-0.15, -0.1) is 5.54 Å². The summed E-state index contributed by atoms with van der Waals surface area (Å²) in [5.41, 5.74) is 5.03. The topological polar surface area (TPSA) is 33.1 Å². The molecule has 0 aliphatic rings. The summed E-state index contributed by atoms with van der Waals surface area (Å²) < 4.78 is 13.2. The lowest BCUT2D eigenvalue weighted by Gasteiger charge is -2.38. The fourth-order valence-corrected chi connectivity index (χ4v) is 8.32. The number of aromatic hydroxyl groups is 1. The highest BCUT2D eigenvalue weighted by Crippen LogP contribution is 2.40. The number of halogens is 1. The molecule has 0 fully saturated rings. The molecule has 0 bridgehead atoms. The van der Waals surface area contributed by atoms with Gasteiger partial charge in [0.25, 0.3) is 0 Å². The molecule has 0 radical (unpaired) electrons. The van der Waals surface area contributed by atoms with Crippen LogP contribution in [0, 0.1) is 17.4 Å². The number of nitrogens with zero attached hydrogens (tertiary/aromatic N) is 1. The van der Waals surface area contributed by atoms with Crippen LogP contribution in [0.1, 0.15) is 47.2 Å². The van der Waals surface area contributed by atoms with Crippen molar-refractivity contribution in [3.63, 3.8) is 0 Å². The van der Waals surface area contributed by atoms with Gasteiger partial charge < -0.3 is 5.11 Å². The van der Waals surface area contributed by atoms with Gasteiger partial charge in [0, 0.05) is 0 Å². The Morgan fingerprint density at radius 2 is 1.55 bits per heavy atom. The minimum atomic E-state index is -1.89. The Kier molecular flexibility index (Phi) is 5.35. The standard InChI is InChI=1S/C16H24FNOSi/c1-11(2)20(12(3)4,13(5)6)10-9-14-15(19)7-8-16(17)18-14/h7-8,11-13,19H,1-6H3. The third-order valence-electron chi connectivity index (χ3n) is 4.10. The summed E-state index contributed by atoms with van der Waals surface area (Å²) in [7, 11) is -1.89. The molecule has 0 amide bonds. The van der Waals surface area contributed by atoms with E-state index in [1.165, 1.54) is 6.07 Å². The van der Waals surface area contributed by atoms with Gasteiger partial charge in [0.2, 0.25) is 5.95 Å². The summed E-state index contributed by atoms with van der Waals surface area (Å²) >= 11 is 0. The quantitative estimate of drug-likeness (QED) is 0.506. The fraction of sp³-hybridized carbons (Fsp3) is 0.562. The van der Waals surface area contributed by atoms with Crippen LogP contribution in [0.4, 0.5) is 4.39 Å². The Bertz CT molecular complexity index is 507. The molecule has 1 aromatic rings. The van der Waals surface area contributed by atoms with Crippen LogP contribution in [-0.4, -0.2) is 18.2 Å². The maximum atomic E-state index is 13.2. The molecule has 0 aliphatic carbocycles. The summed E-state index contributed by atoms with van der Waals surface area (Å²) in [6.07, 6.45) is 0. The number of aromatic nitrogens is 1. The van der Waals surface area contributed by atoms with Gasteiger partial charge in [-0.25, -0.2) is 4.98 Å². The average Bonchev–Trinajstić information content (AvgIpc) is 2.32. The van der Waals surface area contributed by atoms with E-state index in [2.05, 4.69) is 58.0 Å². The molecular formula is C16H24FNOSi. The van der Waals surface area contributed by atoms with E-state index in [1.54, 1.807) is 0 Å². The van der Waals surface area contributed by atoms with Crippen LogP contribution >= 0.6 is 0 Å². The van der Waals surface area contributed by atoms with Gasteiger partial charge in [0.15, 0.2) is 5.69 Å². The first kappa shape index (κ1) is 16.7. The van der Waals surface area contributed by atoms with Gasteiger partial charge in [-0.3, -0.25) is 0 Å². The molecule has 0 saturated carbocycles. The predicted molar refractivity (Wildman–Crippen MR) is 83.8 cm³/mol. The van der Waals surface area contributed by atoms with E-state index in [-0.39, 0.29) is 11.4 Å². The van der Waals surface area contributed by atoms with E-state index in [4.69, 9.17) is 0 Å². The van der Waals surface area contributed by atoms with Crippen LogP contribution in [0.5, 0.6) is 5.75 Å². The summed E-state index contributed by atoms with van der Waals surface area (Å²) in [4.78, 5) is 3.69. The summed E-state index contributed by atoms with van der Waals surface area (Å²) in [6, 6.07) is 2.44. The second-order valence-electron chi connectivity index (χ2n) is 6.15. The Hall–Kier alpha value is -1.34. The van der Waals surface area contributed by atoms with Crippen molar-refractivity contribution < 1.29 is 9.50 Å². The molecule has 0 aromatic carbocycles. The summed E-state index contributed by atoms with van der Waals surface area (Å²) in [6.45, 7) is 13.2. The van der Waals surface area contributed by atoms with Crippen molar-refractivity contribution in [3.8, 4) is 17.2 Å². The lowest BCUT2D eigenvalue weighted by molar-refractivity contribution is 0.464. The molecule has 0 unspecified atom stereocenters. The zero-order valence-electron chi connectivity index (χ0n) is 13.2. The molecule has 1 rings (SSSR count). The van der Waals surface area contributed by atoms with Gasteiger partial charge in [-0.2, -0.15) is 4.39 Å². The second-order valence-corrected chi connectivity index (χ2v) is 11.7. The van der Waals surface area contributed by atoms with E-state index >= 15 is 0 Å². The van der Waals surface area contributed by atoms with Crippen molar-refractivity contribution in [2.75, 3.05) is 0 Å².